The lowest BCUT2D eigenvalue weighted by molar-refractivity contribution is -0.132. The van der Waals surface area contributed by atoms with E-state index in [4.69, 9.17) is 4.74 Å². The highest BCUT2D eigenvalue weighted by Gasteiger charge is 2.47. The Hall–Kier alpha value is -4.06. The van der Waals surface area contributed by atoms with Crippen LogP contribution in [-0.4, -0.2) is 28.0 Å². The number of phenols is 1. The molecule has 0 aromatic heterocycles. The third-order valence-electron chi connectivity index (χ3n) is 5.48. The molecule has 1 atom stereocenters. The van der Waals surface area contributed by atoms with Crippen LogP contribution in [0.25, 0.3) is 5.76 Å². The number of carbonyl (C=O) groups excluding carboxylic acids is 2. The summed E-state index contributed by atoms with van der Waals surface area (Å²) >= 11 is 0. The molecule has 6 nitrogen and oxygen atoms in total. The second-order valence-electron chi connectivity index (χ2n) is 8.25. The van der Waals surface area contributed by atoms with Gasteiger partial charge >= 0.3 is 0 Å². The molecule has 168 valence electrons. The van der Waals surface area contributed by atoms with Crippen molar-refractivity contribution in [2.45, 2.75) is 32.9 Å². The highest BCUT2D eigenvalue weighted by molar-refractivity contribution is 6.51. The molecule has 1 saturated heterocycles. The molecule has 2 N–H and O–H groups in total. The molecule has 1 aliphatic rings. The number of para-hydroxylation sites is 1. The zero-order chi connectivity index (χ0) is 23.7. The van der Waals surface area contributed by atoms with Crippen LogP contribution >= 0.6 is 0 Å². The molecule has 0 bridgehead atoms. The Bertz CT molecular complexity index is 1260. The normalized spacial score (nSPS) is 17.6. The summed E-state index contributed by atoms with van der Waals surface area (Å²) < 4.78 is 5.72. The quantitative estimate of drug-likeness (QED) is 0.325. The van der Waals surface area contributed by atoms with Crippen molar-refractivity contribution in [1.82, 2.24) is 0 Å². The molecule has 0 aliphatic carbocycles. The number of aliphatic hydroxyl groups is 1. The van der Waals surface area contributed by atoms with Crippen LogP contribution in [0.15, 0.2) is 78.4 Å². The molecule has 1 fully saturated rings. The zero-order valence-electron chi connectivity index (χ0n) is 18.6. The van der Waals surface area contributed by atoms with E-state index in [9.17, 15) is 19.8 Å². The molecule has 1 aliphatic heterocycles. The second-order valence-corrected chi connectivity index (χ2v) is 8.25. The first-order valence-corrected chi connectivity index (χ1v) is 10.7. The summed E-state index contributed by atoms with van der Waals surface area (Å²) in [7, 11) is 0. The van der Waals surface area contributed by atoms with Crippen LogP contribution in [0.3, 0.4) is 0 Å². The SMILES string of the molecule is Cc1ccccc1N1C(=O)C(=O)/C(=C(\O)c2cccc(OC(C)C)c2)C1c1cccc(O)c1. The number of hydrogen-bond donors (Lipinski definition) is 2. The number of aryl methyl sites for hydroxylation is 1. The van der Waals surface area contributed by atoms with Gasteiger partial charge in [0.25, 0.3) is 11.7 Å². The lowest BCUT2D eigenvalue weighted by Crippen LogP contribution is -2.30. The lowest BCUT2D eigenvalue weighted by Gasteiger charge is -2.26. The number of ether oxygens (including phenoxy) is 1. The zero-order valence-corrected chi connectivity index (χ0v) is 18.6. The van der Waals surface area contributed by atoms with Crippen molar-refractivity contribution in [3.05, 3.63) is 95.1 Å². The fraction of sp³-hybridized carbons (Fsp3) is 0.185. The van der Waals surface area contributed by atoms with Crippen molar-refractivity contribution in [2.75, 3.05) is 4.90 Å². The van der Waals surface area contributed by atoms with E-state index in [0.717, 1.165) is 5.56 Å². The summed E-state index contributed by atoms with van der Waals surface area (Å²) in [5.41, 5.74) is 2.19. The maximum Gasteiger partial charge on any atom is 0.300 e. The first kappa shape index (κ1) is 22.1. The minimum absolute atomic E-state index is 0.00444. The van der Waals surface area contributed by atoms with Crippen LogP contribution in [0.4, 0.5) is 5.69 Å². The molecule has 1 heterocycles. The number of carbonyl (C=O) groups is 2. The van der Waals surface area contributed by atoms with E-state index in [1.165, 1.54) is 17.0 Å². The Balaban J connectivity index is 1.93. The molecule has 0 saturated carbocycles. The van der Waals surface area contributed by atoms with Crippen LogP contribution in [0, 0.1) is 6.92 Å². The Morgan fingerprint density at radius 3 is 2.39 bits per heavy atom. The predicted octanol–water partition coefficient (Wildman–Crippen LogP) is 5.11. The van der Waals surface area contributed by atoms with Gasteiger partial charge in [-0.1, -0.05) is 42.5 Å². The third kappa shape index (κ3) is 4.20. The van der Waals surface area contributed by atoms with Gasteiger partial charge in [-0.15, -0.1) is 0 Å². The third-order valence-corrected chi connectivity index (χ3v) is 5.48. The van der Waals surface area contributed by atoms with Gasteiger partial charge in [-0.25, -0.2) is 0 Å². The van der Waals surface area contributed by atoms with Crippen LogP contribution in [0.2, 0.25) is 0 Å². The smallest absolute Gasteiger partial charge is 0.300 e. The van der Waals surface area contributed by atoms with Crippen LogP contribution in [-0.2, 0) is 9.59 Å². The van der Waals surface area contributed by atoms with Gasteiger partial charge in [0.1, 0.15) is 17.3 Å². The monoisotopic (exact) mass is 443 g/mol. The number of aromatic hydroxyl groups is 1. The highest BCUT2D eigenvalue weighted by atomic mass is 16.5. The Labute approximate surface area is 192 Å². The van der Waals surface area contributed by atoms with Crippen molar-refractivity contribution in [2.24, 2.45) is 0 Å². The molecule has 3 aromatic carbocycles. The fourth-order valence-corrected chi connectivity index (χ4v) is 4.07. The minimum Gasteiger partial charge on any atom is -0.508 e. The number of anilines is 1. The number of nitrogens with zero attached hydrogens (tertiary/aromatic N) is 1. The molecule has 0 radical (unpaired) electrons. The number of hydrogen-bond acceptors (Lipinski definition) is 5. The van der Waals surface area contributed by atoms with Crippen molar-refractivity contribution >= 4 is 23.1 Å². The summed E-state index contributed by atoms with van der Waals surface area (Å²) in [6.45, 7) is 5.63. The molecular weight excluding hydrogens is 418 g/mol. The van der Waals surface area contributed by atoms with E-state index in [0.29, 0.717) is 22.6 Å². The number of benzene rings is 3. The highest BCUT2D eigenvalue weighted by Crippen LogP contribution is 2.43. The van der Waals surface area contributed by atoms with Crippen LogP contribution in [0.5, 0.6) is 11.5 Å². The molecule has 33 heavy (non-hydrogen) atoms. The van der Waals surface area contributed by atoms with Crippen LogP contribution < -0.4 is 9.64 Å². The number of phenolic OH excluding ortho intramolecular Hbond substituents is 1. The van der Waals surface area contributed by atoms with E-state index >= 15 is 0 Å². The fourth-order valence-electron chi connectivity index (χ4n) is 4.07. The van der Waals surface area contributed by atoms with Crippen molar-refractivity contribution in [1.29, 1.82) is 0 Å². The van der Waals surface area contributed by atoms with E-state index in [1.807, 2.05) is 32.9 Å². The summed E-state index contributed by atoms with van der Waals surface area (Å²) in [6, 6.07) is 19.5. The van der Waals surface area contributed by atoms with Gasteiger partial charge in [-0.05, 0) is 62.2 Å². The van der Waals surface area contributed by atoms with Gasteiger partial charge in [-0.3, -0.25) is 14.5 Å². The number of ketones is 1. The second kappa shape index (κ2) is 8.82. The van der Waals surface area contributed by atoms with Gasteiger partial charge in [-0.2, -0.15) is 0 Å². The summed E-state index contributed by atoms with van der Waals surface area (Å²) in [6.07, 6.45) is -0.0682. The van der Waals surface area contributed by atoms with E-state index in [1.54, 1.807) is 48.5 Å². The molecule has 1 amide bonds. The van der Waals surface area contributed by atoms with Crippen molar-refractivity contribution in [3.63, 3.8) is 0 Å². The Morgan fingerprint density at radius 1 is 0.970 bits per heavy atom. The van der Waals surface area contributed by atoms with E-state index < -0.39 is 17.7 Å². The maximum atomic E-state index is 13.2. The molecule has 0 spiro atoms. The molecule has 4 rings (SSSR count). The van der Waals surface area contributed by atoms with Crippen LogP contribution in [0.1, 0.15) is 36.6 Å². The topological polar surface area (TPSA) is 87.1 Å². The van der Waals surface area contributed by atoms with Crippen molar-refractivity contribution in [3.8, 4) is 11.5 Å². The molecule has 1 unspecified atom stereocenters. The number of amides is 1. The molecule has 3 aromatic rings. The van der Waals surface area contributed by atoms with Gasteiger partial charge in [0, 0.05) is 11.3 Å². The number of rotatable bonds is 5. The first-order valence-electron chi connectivity index (χ1n) is 10.7. The number of aliphatic hydroxyl groups excluding tert-OH is 1. The van der Waals surface area contributed by atoms with Gasteiger partial charge in [0.15, 0.2) is 0 Å². The largest absolute Gasteiger partial charge is 0.508 e. The van der Waals surface area contributed by atoms with Crippen molar-refractivity contribution < 1.29 is 24.5 Å². The van der Waals surface area contributed by atoms with E-state index in [2.05, 4.69) is 0 Å². The van der Waals surface area contributed by atoms with Gasteiger partial charge in [0.2, 0.25) is 0 Å². The Morgan fingerprint density at radius 2 is 1.70 bits per heavy atom. The summed E-state index contributed by atoms with van der Waals surface area (Å²) in [5, 5.41) is 21.4. The van der Waals surface area contributed by atoms with Gasteiger partial charge in [0.05, 0.1) is 17.7 Å². The lowest BCUT2D eigenvalue weighted by atomic mass is 9.94. The summed E-state index contributed by atoms with van der Waals surface area (Å²) in [4.78, 5) is 27.9. The standard InChI is InChI=1S/C27H25NO5/c1-16(2)33-21-12-7-10-19(15-21)25(30)23-24(18-9-6-11-20(29)14-18)28(27(32)26(23)31)22-13-5-4-8-17(22)3/h4-16,24,29-30H,1-3H3/b25-23-. The van der Waals surface area contributed by atoms with E-state index in [-0.39, 0.29) is 23.2 Å². The first-order chi connectivity index (χ1) is 15.8. The van der Waals surface area contributed by atoms with Gasteiger partial charge < -0.3 is 14.9 Å². The average Bonchev–Trinajstić information content (AvgIpc) is 3.04. The average molecular weight is 443 g/mol. The molecule has 6 heteroatoms. The molecular formula is C27H25NO5. The minimum atomic E-state index is -0.909. The summed E-state index contributed by atoms with van der Waals surface area (Å²) in [5.74, 6) is -1.30. The Kier molecular flexibility index (Phi) is 5.92. The number of Topliss-reactive ketones (excluding diaryl/α,β-unsaturated/α-hetero) is 1. The predicted molar refractivity (Wildman–Crippen MR) is 126 cm³/mol. The maximum absolute atomic E-state index is 13.2.